The van der Waals surface area contributed by atoms with Gasteiger partial charge in [-0.1, -0.05) is 0 Å². The van der Waals surface area contributed by atoms with Crippen LogP contribution in [0.5, 0.6) is 0 Å². The molecule has 0 spiro atoms. The Kier molecular flexibility index (Phi) is 4.78. The van der Waals surface area contributed by atoms with Gasteiger partial charge in [0.2, 0.25) is 0 Å². The maximum atomic E-state index is 11.7. The van der Waals surface area contributed by atoms with Gasteiger partial charge in [0.05, 0.1) is 0 Å². The zero-order valence-corrected chi connectivity index (χ0v) is 7.07. The molecule has 70 valence electrons. The first-order valence-corrected chi connectivity index (χ1v) is 2.52. The average molecular weight is 213 g/mol. The Bertz CT molecular complexity index is 123. The first-order valence-electron chi connectivity index (χ1n) is 2.52. The van der Waals surface area contributed by atoms with Crippen LogP contribution in [-0.4, -0.2) is 24.8 Å². The molecule has 1 rings (SSSR count). The lowest BCUT2D eigenvalue weighted by Gasteiger charge is -2.40. The van der Waals surface area contributed by atoms with Crippen LogP contribution < -0.4 is 11.1 Å². The lowest BCUT2D eigenvalue weighted by atomic mass is 9.93. The van der Waals surface area contributed by atoms with Crippen LogP contribution in [-0.2, 0) is 0 Å². The molecule has 1 aliphatic heterocycles. The van der Waals surface area contributed by atoms with Crippen molar-refractivity contribution in [2.24, 2.45) is 5.73 Å². The monoisotopic (exact) mass is 212 g/mol. The summed E-state index contributed by atoms with van der Waals surface area (Å²) in [4.78, 5) is 0. The van der Waals surface area contributed by atoms with E-state index >= 15 is 0 Å². The molecule has 0 aromatic rings. The Morgan fingerprint density at radius 3 is 1.55 bits per heavy atom. The second kappa shape index (κ2) is 3.80. The molecule has 0 atom stereocenters. The largest absolute Gasteiger partial charge is 0.408 e. The van der Waals surface area contributed by atoms with E-state index < -0.39 is 11.7 Å². The molecule has 11 heavy (non-hydrogen) atoms. The highest BCUT2D eigenvalue weighted by atomic mass is 35.5. The van der Waals surface area contributed by atoms with Crippen LogP contribution in [0, 0.1) is 0 Å². The number of nitrogens with one attached hydrogen (secondary N) is 1. The van der Waals surface area contributed by atoms with E-state index in [-0.39, 0.29) is 37.9 Å². The van der Waals surface area contributed by atoms with Gasteiger partial charge in [0.15, 0.2) is 0 Å². The van der Waals surface area contributed by atoms with Gasteiger partial charge in [-0.3, -0.25) is 0 Å². The third-order valence-electron chi connectivity index (χ3n) is 1.45. The summed E-state index contributed by atoms with van der Waals surface area (Å²) in [7, 11) is 0. The molecule has 0 radical (unpaired) electrons. The fourth-order valence-corrected chi connectivity index (χ4v) is 0.595. The second-order valence-electron chi connectivity index (χ2n) is 2.26. The molecule has 0 aromatic heterocycles. The SMILES string of the molecule is Cl.Cl.NC1(C(F)(F)F)CNC1. The summed E-state index contributed by atoms with van der Waals surface area (Å²) in [6.07, 6.45) is -4.25. The third-order valence-corrected chi connectivity index (χ3v) is 1.45. The highest BCUT2D eigenvalue weighted by molar-refractivity contribution is 5.85. The van der Waals surface area contributed by atoms with Crippen LogP contribution in [0.15, 0.2) is 0 Å². The van der Waals surface area contributed by atoms with Crippen molar-refractivity contribution >= 4 is 24.8 Å². The van der Waals surface area contributed by atoms with Crippen molar-refractivity contribution in [1.82, 2.24) is 5.32 Å². The van der Waals surface area contributed by atoms with Crippen LogP contribution >= 0.6 is 24.8 Å². The van der Waals surface area contributed by atoms with Gasteiger partial charge in [-0.15, -0.1) is 24.8 Å². The minimum Gasteiger partial charge on any atom is -0.315 e. The van der Waals surface area contributed by atoms with Crippen molar-refractivity contribution in [1.29, 1.82) is 0 Å². The van der Waals surface area contributed by atoms with Crippen LogP contribution in [0.25, 0.3) is 0 Å². The summed E-state index contributed by atoms with van der Waals surface area (Å²) < 4.78 is 35.2. The van der Waals surface area contributed by atoms with E-state index in [9.17, 15) is 13.2 Å². The molecule has 0 amide bonds. The molecule has 0 aromatic carbocycles. The number of alkyl halides is 3. The van der Waals surface area contributed by atoms with Crippen molar-refractivity contribution < 1.29 is 13.2 Å². The molecule has 0 aliphatic carbocycles. The Hall–Kier alpha value is 0.290. The molecule has 0 bridgehead atoms. The standard InChI is InChI=1S/C4H7F3N2.2ClH/c5-4(6,7)3(8)1-9-2-3;;/h9H,1-2,8H2;2*1H. The van der Waals surface area contributed by atoms with Crippen molar-refractivity contribution in [2.75, 3.05) is 13.1 Å². The van der Waals surface area contributed by atoms with Crippen molar-refractivity contribution in [3.8, 4) is 0 Å². The summed E-state index contributed by atoms with van der Waals surface area (Å²) in [6, 6.07) is 0. The normalized spacial score (nSPS) is 20.7. The quantitative estimate of drug-likeness (QED) is 0.621. The zero-order chi connectivity index (χ0) is 7.12. The van der Waals surface area contributed by atoms with Gasteiger partial charge in [0, 0.05) is 13.1 Å². The van der Waals surface area contributed by atoms with Gasteiger partial charge in [-0.05, 0) is 0 Å². The van der Waals surface area contributed by atoms with Crippen LogP contribution in [0.4, 0.5) is 13.2 Å². The van der Waals surface area contributed by atoms with Gasteiger partial charge in [0.1, 0.15) is 5.54 Å². The molecule has 0 unspecified atom stereocenters. The number of hydrogen-bond acceptors (Lipinski definition) is 2. The molecule has 3 N–H and O–H groups in total. The van der Waals surface area contributed by atoms with E-state index in [0.717, 1.165) is 0 Å². The summed E-state index contributed by atoms with van der Waals surface area (Å²) in [5, 5.41) is 2.46. The van der Waals surface area contributed by atoms with Gasteiger partial charge < -0.3 is 11.1 Å². The van der Waals surface area contributed by atoms with E-state index in [1.165, 1.54) is 0 Å². The molecule has 0 saturated carbocycles. The van der Waals surface area contributed by atoms with E-state index in [2.05, 4.69) is 5.32 Å². The fourth-order valence-electron chi connectivity index (χ4n) is 0.595. The minimum absolute atomic E-state index is 0. The van der Waals surface area contributed by atoms with Gasteiger partial charge in [-0.2, -0.15) is 13.2 Å². The molecule has 1 saturated heterocycles. The molecule has 1 fully saturated rings. The smallest absolute Gasteiger partial charge is 0.315 e. The van der Waals surface area contributed by atoms with Crippen LogP contribution in [0.2, 0.25) is 0 Å². The third kappa shape index (κ3) is 2.37. The highest BCUT2D eigenvalue weighted by Crippen LogP contribution is 2.30. The molecule has 2 nitrogen and oxygen atoms in total. The maximum Gasteiger partial charge on any atom is 0.408 e. The number of halogens is 5. The van der Waals surface area contributed by atoms with Gasteiger partial charge >= 0.3 is 6.18 Å². The summed E-state index contributed by atoms with van der Waals surface area (Å²) >= 11 is 0. The molecule has 7 heteroatoms. The minimum atomic E-state index is -4.25. The first-order chi connectivity index (χ1) is 3.96. The molecular weight excluding hydrogens is 204 g/mol. The Balaban J connectivity index is 0. The zero-order valence-electron chi connectivity index (χ0n) is 5.44. The Labute approximate surface area is 74.5 Å². The van der Waals surface area contributed by atoms with Crippen molar-refractivity contribution in [2.45, 2.75) is 11.7 Å². The summed E-state index contributed by atoms with van der Waals surface area (Å²) in [6.45, 7) is -0.312. The fraction of sp³-hybridized carbons (Fsp3) is 1.00. The average Bonchev–Trinajstić information content (AvgIpc) is 1.57. The van der Waals surface area contributed by atoms with Crippen LogP contribution in [0.1, 0.15) is 0 Å². The molecule has 1 heterocycles. The number of rotatable bonds is 0. The van der Waals surface area contributed by atoms with Crippen molar-refractivity contribution in [3.05, 3.63) is 0 Å². The second-order valence-corrected chi connectivity index (χ2v) is 2.26. The predicted molar refractivity (Wildman–Crippen MR) is 40.3 cm³/mol. The van der Waals surface area contributed by atoms with E-state index in [1.807, 2.05) is 0 Å². The molecule has 1 aliphatic rings. The van der Waals surface area contributed by atoms with E-state index in [0.29, 0.717) is 0 Å². The number of hydrogen-bond donors (Lipinski definition) is 2. The lowest BCUT2D eigenvalue weighted by molar-refractivity contribution is -0.197. The highest BCUT2D eigenvalue weighted by Gasteiger charge is 2.55. The van der Waals surface area contributed by atoms with Gasteiger partial charge in [0.25, 0.3) is 0 Å². The lowest BCUT2D eigenvalue weighted by Crippen LogP contribution is -2.73. The Morgan fingerprint density at radius 2 is 1.55 bits per heavy atom. The predicted octanol–water partition coefficient (Wildman–Crippen LogP) is 0.693. The van der Waals surface area contributed by atoms with Crippen LogP contribution in [0.3, 0.4) is 0 Å². The Morgan fingerprint density at radius 1 is 1.18 bits per heavy atom. The van der Waals surface area contributed by atoms with Gasteiger partial charge in [-0.25, -0.2) is 0 Å². The van der Waals surface area contributed by atoms with E-state index in [4.69, 9.17) is 5.73 Å². The maximum absolute atomic E-state index is 11.7. The number of nitrogens with two attached hydrogens (primary N) is 1. The van der Waals surface area contributed by atoms with E-state index in [1.54, 1.807) is 0 Å². The first kappa shape index (κ1) is 13.9. The molecular formula is C4H9Cl2F3N2. The van der Waals surface area contributed by atoms with Crippen molar-refractivity contribution in [3.63, 3.8) is 0 Å². The summed E-state index contributed by atoms with van der Waals surface area (Å²) in [5.74, 6) is 0. The summed E-state index contributed by atoms with van der Waals surface area (Å²) in [5.41, 5.74) is 2.94. The topological polar surface area (TPSA) is 38.0 Å².